The van der Waals surface area contributed by atoms with Gasteiger partial charge in [-0.15, -0.1) is 11.3 Å². The van der Waals surface area contributed by atoms with E-state index in [1.807, 2.05) is 11.3 Å². The lowest BCUT2D eigenvalue weighted by Gasteiger charge is -2.24. The zero-order valence-electron chi connectivity index (χ0n) is 12.4. The molecule has 0 aliphatic rings. The van der Waals surface area contributed by atoms with E-state index in [2.05, 4.69) is 65.8 Å². The van der Waals surface area contributed by atoms with Crippen LogP contribution in [-0.4, -0.2) is 0 Å². The largest absolute Gasteiger partial charge is 0.140 e. The van der Waals surface area contributed by atoms with Crippen molar-refractivity contribution in [2.75, 3.05) is 0 Å². The van der Waals surface area contributed by atoms with Crippen molar-refractivity contribution in [3.05, 3.63) is 34.7 Å². The van der Waals surface area contributed by atoms with Gasteiger partial charge < -0.3 is 0 Å². The number of fused-ring (bicyclic) bond motifs is 1. The molecule has 0 bridgehead atoms. The number of benzene rings is 1. The van der Waals surface area contributed by atoms with Gasteiger partial charge in [-0.1, -0.05) is 59.7 Å². The van der Waals surface area contributed by atoms with Gasteiger partial charge in [-0.05, 0) is 34.3 Å². The predicted octanol–water partition coefficient (Wildman–Crippen LogP) is 5.79. The predicted molar refractivity (Wildman–Crippen MR) is 83.7 cm³/mol. The van der Waals surface area contributed by atoms with Crippen LogP contribution in [-0.2, 0) is 11.8 Å². The van der Waals surface area contributed by atoms with Gasteiger partial charge in [-0.2, -0.15) is 0 Å². The summed E-state index contributed by atoms with van der Waals surface area (Å²) < 4.78 is 1.43. The van der Waals surface area contributed by atoms with Crippen LogP contribution in [0, 0.1) is 5.41 Å². The van der Waals surface area contributed by atoms with E-state index in [0.717, 1.165) is 0 Å². The lowest BCUT2D eigenvalue weighted by Crippen LogP contribution is -2.16. The van der Waals surface area contributed by atoms with E-state index in [4.69, 9.17) is 0 Å². The van der Waals surface area contributed by atoms with Crippen molar-refractivity contribution in [1.82, 2.24) is 0 Å². The maximum absolute atomic E-state index is 2.33. The monoisotopic (exact) mass is 260 g/mol. The molecule has 0 amide bonds. The number of hydrogen-bond acceptors (Lipinski definition) is 1. The molecule has 0 aliphatic carbocycles. The molecule has 0 saturated heterocycles. The Morgan fingerprint density at radius 1 is 0.944 bits per heavy atom. The van der Waals surface area contributed by atoms with Crippen molar-refractivity contribution in [2.45, 2.75) is 53.4 Å². The molecule has 0 saturated carbocycles. The van der Waals surface area contributed by atoms with Crippen LogP contribution in [0.5, 0.6) is 0 Å². The average Bonchev–Trinajstić information content (AvgIpc) is 2.50. The van der Waals surface area contributed by atoms with Crippen molar-refractivity contribution < 1.29 is 0 Å². The maximum Gasteiger partial charge on any atom is 0.0348 e. The standard InChI is InChI=1S/C17H24S/c1-16(2,3)11-14-15(17(4,5)6)12-9-7-8-10-13(12)18-14/h7-10H,11H2,1-6H3. The average molecular weight is 260 g/mol. The van der Waals surface area contributed by atoms with Crippen LogP contribution in [0.25, 0.3) is 10.1 Å². The molecule has 0 spiro atoms. The Morgan fingerprint density at radius 3 is 2.11 bits per heavy atom. The topological polar surface area (TPSA) is 0 Å². The highest BCUT2D eigenvalue weighted by molar-refractivity contribution is 7.19. The molecule has 18 heavy (non-hydrogen) atoms. The molecular formula is C17H24S. The number of thiophene rings is 1. The molecule has 0 atom stereocenters. The Balaban J connectivity index is 2.65. The van der Waals surface area contributed by atoms with E-state index in [1.54, 1.807) is 10.4 Å². The first-order valence-corrected chi connectivity index (χ1v) is 7.51. The second-order valence-electron chi connectivity index (χ2n) is 7.38. The number of rotatable bonds is 1. The van der Waals surface area contributed by atoms with Gasteiger partial charge in [-0.3, -0.25) is 0 Å². The van der Waals surface area contributed by atoms with Crippen molar-refractivity contribution >= 4 is 21.4 Å². The summed E-state index contributed by atoms with van der Waals surface area (Å²) in [6, 6.07) is 8.83. The zero-order valence-corrected chi connectivity index (χ0v) is 13.2. The summed E-state index contributed by atoms with van der Waals surface area (Å²) in [7, 11) is 0. The van der Waals surface area contributed by atoms with Gasteiger partial charge in [0.2, 0.25) is 0 Å². The molecule has 2 rings (SSSR count). The summed E-state index contributed by atoms with van der Waals surface area (Å²) in [6.07, 6.45) is 1.17. The second kappa shape index (κ2) is 4.38. The van der Waals surface area contributed by atoms with Crippen LogP contribution < -0.4 is 0 Å². The first-order valence-electron chi connectivity index (χ1n) is 6.69. The molecule has 1 aromatic carbocycles. The van der Waals surface area contributed by atoms with Crippen LogP contribution in [0.3, 0.4) is 0 Å². The summed E-state index contributed by atoms with van der Waals surface area (Å²) in [6.45, 7) is 14.0. The SMILES string of the molecule is CC(C)(C)Cc1sc2ccccc2c1C(C)(C)C. The Kier molecular flexibility index (Phi) is 3.31. The molecule has 0 aliphatic heterocycles. The number of hydrogen-bond donors (Lipinski definition) is 0. The van der Waals surface area contributed by atoms with E-state index in [1.165, 1.54) is 16.5 Å². The molecule has 0 nitrogen and oxygen atoms in total. The minimum atomic E-state index is 0.222. The summed E-state index contributed by atoms with van der Waals surface area (Å²) in [4.78, 5) is 1.57. The fourth-order valence-electron chi connectivity index (χ4n) is 2.52. The third-order valence-electron chi connectivity index (χ3n) is 3.11. The fraction of sp³-hybridized carbons (Fsp3) is 0.529. The molecule has 0 radical (unpaired) electrons. The van der Waals surface area contributed by atoms with E-state index < -0.39 is 0 Å². The molecule has 2 aromatic rings. The first-order chi connectivity index (χ1) is 8.18. The van der Waals surface area contributed by atoms with Gasteiger partial charge >= 0.3 is 0 Å². The molecule has 0 unspecified atom stereocenters. The van der Waals surface area contributed by atoms with Gasteiger partial charge in [-0.25, -0.2) is 0 Å². The highest BCUT2D eigenvalue weighted by Crippen LogP contribution is 2.41. The third-order valence-corrected chi connectivity index (χ3v) is 4.28. The Labute approximate surface area is 115 Å². The molecule has 1 aromatic heterocycles. The van der Waals surface area contributed by atoms with Gasteiger partial charge in [0.05, 0.1) is 0 Å². The van der Waals surface area contributed by atoms with Gasteiger partial charge in [0.15, 0.2) is 0 Å². The normalized spacial score (nSPS) is 13.2. The van der Waals surface area contributed by atoms with Crippen LogP contribution in [0.4, 0.5) is 0 Å². The van der Waals surface area contributed by atoms with Crippen LogP contribution >= 0.6 is 11.3 Å². The van der Waals surface area contributed by atoms with Crippen LogP contribution in [0.1, 0.15) is 52.0 Å². The van der Waals surface area contributed by atoms with E-state index in [-0.39, 0.29) is 5.41 Å². The molecule has 98 valence electrons. The second-order valence-corrected chi connectivity index (χ2v) is 8.52. The smallest absolute Gasteiger partial charge is 0.0348 e. The van der Waals surface area contributed by atoms with Crippen LogP contribution in [0.2, 0.25) is 0 Å². The third kappa shape index (κ3) is 2.77. The van der Waals surface area contributed by atoms with Crippen molar-refractivity contribution in [3.8, 4) is 0 Å². The van der Waals surface area contributed by atoms with E-state index in [0.29, 0.717) is 5.41 Å². The van der Waals surface area contributed by atoms with Gasteiger partial charge in [0, 0.05) is 9.58 Å². The van der Waals surface area contributed by atoms with E-state index in [9.17, 15) is 0 Å². The molecule has 0 fully saturated rings. The highest BCUT2D eigenvalue weighted by Gasteiger charge is 2.25. The summed E-state index contributed by atoms with van der Waals surface area (Å²) in [5.74, 6) is 0. The molecule has 1 heteroatoms. The Hall–Kier alpha value is -0.820. The Bertz CT molecular complexity index is 547. The van der Waals surface area contributed by atoms with E-state index >= 15 is 0 Å². The van der Waals surface area contributed by atoms with Crippen molar-refractivity contribution in [3.63, 3.8) is 0 Å². The minimum absolute atomic E-state index is 0.222. The fourth-order valence-corrected chi connectivity index (χ4v) is 4.24. The Morgan fingerprint density at radius 2 is 1.56 bits per heavy atom. The summed E-state index contributed by atoms with van der Waals surface area (Å²) in [5.41, 5.74) is 2.12. The van der Waals surface area contributed by atoms with Gasteiger partial charge in [0.25, 0.3) is 0 Å². The minimum Gasteiger partial charge on any atom is -0.140 e. The zero-order chi connectivity index (χ0) is 13.6. The molecular weight excluding hydrogens is 236 g/mol. The lowest BCUT2D eigenvalue weighted by molar-refractivity contribution is 0.410. The highest BCUT2D eigenvalue weighted by atomic mass is 32.1. The van der Waals surface area contributed by atoms with Crippen LogP contribution in [0.15, 0.2) is 24.3 Å². The summed E-state index contributed by atoms with van der Waals surface area (Å²) >= 11 is 1.98. The molecule has 1 heterocycles. The quantitative estimate of drug-likeness (QED) is 0.609. The molecule has 0 N–H and O–H groups in total. The summed E-state index contributed by atoms with van der Waals surface area (Å²) in [5, 5.41) is 1.45. The lowest BCUT2D eigenvalue weighted by atomic mass is 9.81. The van der Waals surface area contributed by atoms with Crippen molar-refractivity contribution in [1.29, 1.82) is 0 Å². The van der Waals surface area contributed by atoms with Gasteiger partial charge in [0.1, 0.15) is 0 Å². The first kappa shape index (κ1) is 13.6. The van der Waals surface area contributed by atoms with Crippen molar-refractivity contribution in [2.24, 2.45) is 5.41 Å². The maximum atomic E-state index is 2.33.